The Morgan fingerprint density at radius 2 is 2.10 bits per heavy atom. The van der Waals surface area contributed by atoms with E-state index in [0.717, 1.165) is 29.4 Å². The van der Waals surface area contributed by atoms with Gasteiger partial charge in [-0.05, 0) is 46.4 Å². The van der Waals surface area contributed by atoms with E-state index in [2.05, 4.69) is 37.3 Å². The molecular weight excluding hydrogens is 290 g/mol. The van der Waals surface area contributed by atoms with E-state index in [-0.39, 0.29) is 6.04 Å². The molecule has 1 atom stereocenters. The minimum absolute atomic E-state index is 0.284. The molecule has 2 aromatic heterocycles. The average molecular weight is 312 g/mol. The van der Waals surface area contributed by atoms with Gasteiger partial charge in [0, 0.05) is 28.8 Å². The van der Waals surface area contributed by atoms with Crippen LogP contribution in [0.1, 0.15) is 39.7 Å². The van der Waals surface area contributed by atoms with Gasteiger partial charge in [-0.1, -0.05) is 11.6 Å². The Bertz CT molecular complexity index is 581. The predicted molar refractivity (Wildman–Crippen MR) is 86.9 cm³/mol. The van der Waals surface area contributed by atoms with Gasteiger partial charge < -0.3 is 5.32 Å². The summed E-state index contributed by atoms with van der Waals surface area (Å²) in [6, 6.07) is 2.56. The second kappa shape index (κ2) is 6.29. The largest absolute Gasteiger partial charge is 0.312 e. The second-order valence-corrected chi connectivity index (χ2v) is 6.76. The van der Waals surface area contributed by atoms with Gasteiger partial charge in [-0.2, -0.15) is 5.10 Å². The van der Waals surface area contributed by atoms with Crippen LogP contribution in [0.5, 0.6) is 0 Å². The molecule has 2 aromatic rings. The lowest BCUT2D eigenvalue weighted by atomic mass is 10.1. The molecule has 110 valence electrons. The van der Waals surface area contributed by atoms with Gasteiger partial charge in [-0.25, -0.2) is 0 Å². The lowest BCUT2D eigenvalue weighted by Gasteiger charge is -2.15. The monoisotopic (exact) mass is 311 g/mol. The molecule has 0 spiro atoms. The van der Waals surface area contributed by atoms with E-state index in [9.17, 15) is 0 Å². The first-order valence-electron chi connectivity index (χ1n) is 6.93. The summed E-state index contributed by atoms with van der Waals surface area (Å²) in [7, 11) is 2.00. The molecule has 20 heavy (non-hydrogen) atoms. The van der Waals surface area contributed by atoms with Crippen molar-refractivity contribution in [3.8, 4) is 0 Å². The van der Waals surface area contributed by atoms with Gasteiger partial charge in [-0.15, -0.1) is 11.3 Å². The third-order valence-corrected chi connectivity index (χ3v) is 5.49. The second-order valence-electron chi connectivity index (χ2n) is 5.10. The van der Waals surface area contributed by atoms with Crippen molar-refractivity contribution in [2.45, 2.75) is 46.7 Å². The number of nitrogens with one attached hydrogen (secondary N) is 1. The Labute approximate surface area is 130 Å². The van der Waals surface area contributed by atoms with Crippen LogP contribution in [0.25, 0.3) is 0 Å². The first-order valence-corrected chi connectivity index (χ1v) is 8.13. The molecular formula is C15H22ClN3S. The normalized spacial score (nSPS) is 12.9. The fraction of sp³-hybridized carbons (Fsp3) is 0.533. The van der Waals surface area contributed by atoms with Crippen LogP contribution in [0.15, 0.2) is 6.07 Å². The summed E-state index contributed by atoms with van der Waals surface area (Å²) >= 11 is 8.27. The minimum atomic E-state index is 0.284. The van der Waals surface area contributed by atoms with Crippen molar-refractivity contribution in [3.05, 3.63) is 37.8 Å². The molecule has 0 bridgehead atoms. The van der Waals surface area contributed by atoms with Gasteiger partial charge in [0.2, 0.25) is 0 Å². The van der Waals surface area contributed by atoms with Gasteiger partial charge in [0.05, 0.1) is 16.4 Å². The minimum Gasteiger partial charge on any atom is -0.312 e. The van der Waals surface area contributed by atoms with E-state index in [4.69, 9.17) is 11.6 Å². The number of hydrogen-bond acceptors (Lipinski definition) is 3. The van der Waals surface area contributed by atoms with Crippen LogP contribution in [0.3, 0.4) is 0 Å². The zero-order valence-corrected chi connectivity index (χ0v) is 14.3. The standard InChI is InChI=1S/C15H22ClN3S/c1-6-19-13(15(16)10(3)18-19)8-12(17-5)14-7-9(2)11(4)20-14/h7,12,17H,6,8H2,1-5H3. The number of aromatic nitrogens is 2. The van der Waals surface area contributed by atoms with E-state index in [0.29, 0.717) is 0 Å². The fourth-order valence-corrected chi connectivity index (χ4v) is 3.74. The Morgan fingerprint density at radius 1 is 1.40 bits per heavy atom. The first-order chi connectivity index (χ1) is 9.47. The van der Waals surface area contributed by atoms with Crippen LogP contribution < -0.4 is 5.32 Å². The van der Waals surface area contributed by atoms with E-state index in [1.54, 1.807) is 0 Å². The zero-order chi connectivity index (χ0) is 14.9. The van der Waals surface area contributed by atoms with Crippen molar-refractivity contribution >= 4 is 22.9 Å². The van der Waals surface area contributed by atoms with Gasteiger partial charge in [-0.3, -0.25) is 4.68 Å². The summed E-state index contributed by atoms with van der Waals surface area (Å²) in [6.07, 6.45) is 0.864. The summed E-state index contributed by atoms with van der Waals surface area (Å²) in [5.41, 5.74) is 3.39. The Morgan fingerprint density at radius 3 is 2.60 bits per heavy atom. The van der Waals surface area contributed by atoms with E-state index in [1.807, 2.05) is 30.0 Å². The summed E-state index contributed by atoms with van der Waals surface area (Å²) in [6.45, 7) is 9.24. The molecule has 1 N–H and O–H groups in total. The molecule has 0 aliphatic carbocycles. The van der Waals surface area contributed by atoms with E-state index in [1.165, 1.54) is 15.3 Å². The molecule has 0 fully saturated rings. The number of nitrogens with zero attached hydrogens (tertiary/aromatic N) is 2. The number of aryl methyl sites for hydroxylation is 4. The molecule has 1 unspecified atom stereocenters. The summed E-state index contributed by atoms with van der Waals surface area (Å²) in [4.78, 5) is 2.74. The molecule has 0 saturated carbocycles. The van der Waals surface area contributed by atoms with Crippen LogP contribution in [0.4, 0.5) is 0 Å². The van der Waals surface area contributed by atoms with Gasteiger partial charge in [0.1, 0.15) is 0 Å². The van der Waals surface area contributed by atoms with E-state index < -0.39 is 0 Å². The highest BCUT2D eigenvalue weighted by Crippen LogP contribution is 2.31. The molecule has 5 heteroatoms. The lowest BCUT2D eigenvalue weighted by Crippen LogP contribution is -2.19. The highest BCUT2D eigenvalue weighted by molar-refractivity contribution is 7.12. The van der Waals surface area contributed by atoms with Crippen LogP contribution in [0.2, 0.25) is 5.02 Å². The van der Waals surface area contributed by atoms with Crippen molar-refractivity contribution in [1.29, 1.82) is 0 Å². The maximum absolute atomic E-state index is 6.41. The van der Waals surface area contributed by atoms with Crippen molar-refractivity contribution in [1.82, 2.24) is 15.1 Å². The summed E-state index contributed by atoms with van der Waals surface area (Å²) < 4.78 is 2.01. The van der Waals surface area contributed by atoms with Crippen molar-refractivity contribution in [3.63, 3.8) is 0 Å². The topological polar surface area (TPSA) is 29.9 Å². The van der Waals surface area contributed by atoms with Crippen molar-refractivity contribution in [2.24, 2.45) is 0 Å². The highest BCUT2D eigenvalue weighted by Gasteiger charge is 2.19. The highest BCUT2D eigenvalue weighted by atomic mass is 35.5. The lowest BCUT2D eigenvalue weighted by molar-refractivity contribution is 0.546. The summed E-state index contributed by atoms with van der Waals surface area (Å²) in [5.74, 6) is 0. The molecule has 0 aliphatic heterocycles. The molecule has 0 saturated heterocycles. The Kier molecular flexibility index (Phi) is 4.89. The van der Waals surface area contributed by atoms with Gasteiger partial charge >= 0.3 is 0 Å². The SMILES string of the molecule is CCn1nc(C)c(Cl)c1CC(NC)c1cc(C)c(C)s1. The zero-order valence-electron chi connectivity index (χ0n) is 12.7. The number of likely N-dealkylation sites (N-methyl/N-ethyl adjacent to an activating group) is 1. The molecule has 2 rings (SSSR count). The van der Waals surface area contributed by atoms with E-state index >= 15 is 0 Å². The van der Waals surface area contributed by atoms with Crippen LogP contribution in [0, 0.1) is 20.8 Å². The third-order valence-electron chi connectivity index (χ3n) is 3.73. The van der Waals surface area contributed by atoms with Gasteiger partial charge in [0.15, 0.2) is 0 Å². The fourth-order valence-electron chi connectivity index (χ4n) is 2.38. The average Bonchev–Trinajstić information content (AvgIpc) is 2.89. The van der Waals surface area contributed by atoms with Crippen LogP contribution in [-0.2, 0) is 13.0 Å². The third kappa shape index (κ3) is 2.92. The van der Waals surface area contributed by atoms with Crippen LogP contribution >= 0.6 is 22.9 Å². The summed E-state index contributed by atoms with van der Waals surface area (Å²) in [5, 5.41) is 8.70. The molecule has 0 aromatic carbocycles. The molecule has 0 aliphatic rings. The molecule has 0 radical (unpaired) electrons. The molecule has 3 nitrogen and oxygen atoms in total. The smallest absolute Gasteiger partial charge is 0.0847 e. The number of thiophene rings is 1. The Balaban J connectivity index is 2.31. The van der Waals surface area contributed by atoms with Crippen molar-refractivity contribution in [2.75, 3.05) is 7.05 Å². The first kappa shape index (κ1) is 15.5. The Hall–Kier alpha value is -0.840. The van der Waals surface area contributed by atoms with Gasteiger partial charge in [0.25, 0.3) is 0 Å². The van der Waals surface area contributed by atoms with Crippen LogP contribution in [-0.4, -0.2) is 16.8 Å². The van der Waals surface area contributed by atoms with Crippen molar-refractivity contribution < 1.29 is 0 Å². The number of rotatable bonds is 5. The maximum Gasteiger partial charge on any atom is 0.0847 e. The quantitative estimate of drug-likeness (QED) is 0.903. The number of halogens is 1. The maximum atomic E-state index is 6.41. The number of hydrogen-bond donors (Lipinski definition) is 1. The predicted octanol–water partition coefficient (Wildman–Crippen LogP) is 4.05. The molecule has 2 heterocycles. The molecule has 0 amide bonds.